The zero-order valence-electron chi connectivity index (χ0n) is 10.7. The van der Waals surface area contributed by atoms with Gasteiger partial charge in [-0.2, -0.15) is 0 Å². The number of nitrogens with one attached hydrogen (secondary N) is 1. The molecule has 3 fully saturated rings. The lowest BCUT2D eigenvalue weighted by atomic mass is 9.86. The third-order valence-electron chi connectivity index (χ3n) is 5.39. The molecular formula is C14H24N2O. The Labute approximate surface area is 104 Å². The van der Waals surface area contributed by atoms with Crippen LogP contribution in [0.2, 0.25) is 0 Å². The molecule has 4 atom stereocenters. The summed E-state index contributed by atoms with van der Waals surface area (Å²) in [7, 11) is 0. The van der Waals surface area contributed by atoms with Crippen LogP contribution in [0.25, 0.3) is 0 Å². The maximum Gasteiger partial charge on any atom is 0.223 e. The Bertz CT molecular complexity index is 326. The molecule has 3 N–H and O–H groups in total. The second kappa shape index (κ2) is 3.98. The summed E-state index contributed by atoms with van der Waals surface area (Å²) in [5.74, 6) is 2.70. The highest BCUT2D eigenvalue weighted by Gasteiger charge is 2.47. The van der Waals surface area contributed by atoms with Crippen molar-refractivity contribution in [1.29, 1.82) is 0 Å². The summed E-state index contributed by atoms with van der Waals surface area (Å²) in [4.78, 5) is 12.4. The largest absolute Gasteiger partial charge is 0.349 e. The summed E-state index contributed by atoms with van der Waals surface area (Å²) in [6.07, 6.45) is 7.49. The summed E-state index contributed by atoms with van der Waals surface area (Å²) in [5, 5.41) is 3.27. The maximum atomic E-state index is 12.4. The van der Waals surface area contributed by atoms with Crippen molar-refractivity contribution >= 4 is 5.91 Å². The number of carbonyl (C=O) groups excluding carboxylic acids is 1. The third kappa shape index (κ3) is 1.99. The Morgan fingerprint density at radius 1 is 1.29 bits per heavy atom. The minimum Gasteiger partial charge on any atom is -0.349 e. The summed E-state index contributed by atoms with van der Waals surface area (Å²) in [5.41, 5.74) is 5.72. The minimum atomic E-state index is -0.140. The van der Waals surface area contributed by atoms with Crippen molar-refractivity contribution in [3.8, 4) is 0 Å². The van der Waals surface area contributed by atoms with Gasteiger partial charge in [-0.1, -0.05) is 6.42 Å². The molecule has 1 amide bonds. The van der Waals surface area contributed by atoms with Gasteiger partial charge in [-0.3, -0.25) is 4.79 Å². The van der Waals surface area contributed by atoms with Gasteiger partial charge in [0.15, 0.2) is 0 Å². The summed E-state index contributed by atoms with van der Waals surface area (Å²) in [6.45, 7) is 2.69. The van der Waals surface area contributed by atoms with Gasteiger partial charge in [0, 0.05) is 12.5 Å². The van der Waals surface area contributed by atoms with Gasteiger partial charge in [-0.05, 0) is 56.8 Å². The van der Waals surface area contributed by atoms with Gasteiger partial charge in [-0.15, -0.1) is 0 Å². The molecule has 0 saturated heterocycles. The predicted octanol–water partition coefficient (Wildman–Crippen LogP) is 1.67. The molecule has 4 unspecified atom stereocenters. The summed E-state index contributed by atoms with van der Waals surface area (Å²) >= 11 is 0. The van der Waals surface area contributed by atoms with E-state index in [-0.39, 0.29) is 11.4 Å². The van der Waals surface area contributed by atoms with E-state index in [2.05, 4.69) is 12.2 Å². The lowest BCUT2D eigenvalue weighted by Crippen LogP contribution is -2.55. The van der Waals surface area contributed by atoms with E-state index in [0.717, 1.165) is 12.3 Å². The standard InChI is InChI=1S/C14H24N2O/c1-14(8-15,11-4-5-11)16-13(17)12-7-9-2-3-10(12)6-9/h9-12H,2-8,15H2,1H3,(H,16,17). The monoisotopic (exact) mass is 236 g/mol. The van der Waals surface area contributed by atoms with Crippen LogP contribution in [-0.2, 0) is 4.79 Å². The SMILES string of the molecule is CC(CN)(NC(=O)C1CC2CCC1C2)C1CC1. The smallest absolute Gasteiger partial charge is 0.223 e. The average molecular weight is 236 g/mol. The van der Waals surface area contributed by atoms with Crippen LogP contribution >= 0.6 is 0 Å². The maximum absolute atomic E-state index is 12.4. The molecule has 0 spiro atoms. The zero-order valence-corrected chi connectivity index (χ0v) is 10.7. The number of nitrogens with two attached hydrogens (primary N) is 1. The average Bonchev–Trinajstić information content (AvgIpc) is 2.99. The molecule has 0 aliphatic heterocycles. The molecule has 0 aromatic carbocycles. The Morgan fingerprint density at radius 3 is 2.53 bits per heavy atom. The highest BCUT2D eigenvalue weighted by molar-refractivity contribution is 5.80. The molecule has 17 heavy (non-hydrogen) atoms. The Kier molecular flexibility index (Phi) is 2.69. The predicted molar refractivity (Wildman–Crippen MR) is 67.3 cm³/mol. The molecule has 3 nitrogen and oxygen atoms in total. The highest BCUT2D eigenvalue weighted by atomic mass is 16.2. The van der Waals surface area contributed by atoms with E-state index in [1.165, 1.54) is 32.1 Å². The van der Waals surface area contributed by atoms with E-state index < -0.39 is 0 Å². The summed E-state index contributed by atoms with van der Waals surface area (Å²) in [6, 6.07) is 0. The van der Waals surface area contributed by atoms with Crippen molar-refractivity contribution in [1.82, 2.24) is 5.32 Å². The molecule has 3 aliphatic carbocycles. The fourth-order valence-electron chi connectivity index (χ4n) is 3.98. The van der Waals surface area contributed by atoms with Gasteiger partial charge in [0.2, 0.25) is 5.91 Å². The van der Waals surface area contributed by atoms with Crippen LogP contribution < -0.4 is 11.1 Å². The lowest BCUT2D eigenvalue weighted by Gasteiger charge is -2.32. The van der Waals surface area contributed by atoms with Gasteiger partial charge < -0.3 is 11.1 Å². The first kappa shape index (κ1) is 11.5. The molecule has 0 aromatic heterocycles. The second-order valence-electron chi connectivity index (χ2n) is 6.67. The van der Waals surface area contributed by atoms with E-state index >= 15 is 0 Å². The number of amides is 1. The van der Waals surface area contributed by atoms with Crippen molar-refractivity contribution in [2.24, 2.45) is 29.4 Å². The van der Waals surface area contributed by atoms with E-state index in [4.69, 9.17) is 5.73 Å². The van der Waals surface area contributed by atoms with Crippen LogP contribution in [-0.4, -0.2) is 18.0 Å². The van der Waals surface area contributed by atoms with Crippen molar-refractivity contribution in [3.63, 3.8) is 0 Å². The topological polar surface area (TPSA) is 55.1 Å². The molecular weight excluding hydrogens is 212 g/mol. The molecule has 96 valence electrons. The van der Waals surface area contributed by atoms with E-state index in [0.29, 0.717) is 24.3 Å². The van der Waals surface area contributed by atoms with E-state index in [1.54, 1.807) is 0 Å². The minimum absolute atomic E-state index is 0.140. The highest BCUT2D eigenvalue weighted by Crippen LogP contribution is 2.49. The fraction of sp³-hybridized carbons (Fsp3) is 0.929. The number of fused-ring (bicyclic) bond motifs is 2. The van der Waals surface area contributed by atoms with Crippen LogP contribution in [0.4, 0.5) is 0 Å². The van der Waals surface area contributed by atoms with Crippen LogP contribution in [0.5, 0.6) is 0 Å². The van der Waals surface area contributed by atoms with Crippen LogP contribution in [0.1, 0.15) is 45.4 Å². The Hall–Kier alpha value is -0.570. The van der Waals surface area contributed by atoms with Gasteiger partial charge in [0.25, 0.3) is 0 Å². The molecule has 2 bridgehead atoms. The van der Waals surface area contributed by atoms with Crippen LogP contribution in [0.15, 0.2) is 0 Å². The fourth-order valence-corrected chi connectivity index (χ4v) is 3.98. The molecule has 3 aliphatic rings. The molecule has 0 aromatic rings. The van der Waals surface area contributed by atoms with Gasteiger partial charge in [0.1, 0.15) is 0 Å². The first-order valence-electron chi connectivity index (χ1n) is 7.14. The van der Waals surface area contributed by atoms with Crippen molar-refractivity contribution in [2.75, 3.05) is 6.54 Å². The number of carbonyl (C=O) groups is 1. The normalized spacial score (nSPS) is 39.1. The van der Waals surface area contributed by atoms with E-state index in [9.17, 15) is 4.79 Å². The second-order valence-corrected chi connectivity index (χ2v) is 6.67. The van der Waals surface area contributed by atoms with Crippen LogP contribution in [0.3, 0.4) is 0 Å². The Balaban J connectivity index is 1.63. The van der Waals surface area contributed by atoms with Crippen LogP contribution in [0, 0.1) is 23.7 Å². The van der Waals surface area contributed by atoms with Crippen molar-refractivity contribution in [2.45, 2.75) is 51.0 Å². The van der Waals surface area contributed by atoms with Crippen molar-refractivity contribution in [3.05, 3.63) is 0 Å². The number of rotatable bonds is 4. The lowest BCUT2D eigenvalue weighted by molar-refractivity contribution is -0.128. The van der Waals surface area contributed by atoms with Gasteiger partial charge in [-0.25, -0.2) is 0 Å². The summed E-state index contributed by atoms with van der Waals surface area (Å²) < 4.78 is 0. The van der Waals surface area contributed by atoms with Gasteiger partial charge in [0.05, 0.1) is 5.54 Å². The Morgan fingerprint density at radius 2 is 2.06 bits per heavy atom. The first-order valence-corrected chi connectivity index (χ1v) is 7.14. The quantitative estimate of drug-likeness (QED) is 0.780. The first-order chi connectivity index (χ1) is 8.12. The molecule has 0 radical (unpaired) electrons. The molecule has 3 rings (SSSR count). The van der Waals surface area contributed by atoms with E-state index in [1.807, 2.05) is 0 Å². The van der Waals surface area contributed by atoms with Crippen molar-refractivity contribution < 1.29 is 4.79 Å². The molecule has 3 heteroatoms. The van der Waals surface area contributed by atoms with Gasteiger partial charge >= 0.3 is 0 Å². The number of hydrogen-bond acceptors (Lipinski definition) is 2. The molecule has 3 saturated carbocycles. The third-order valence-corrected chi connectivity index (χ3v) is 5.39. The number of hydrogen-bond donors (Lipinski definition) is 2. The zero-order chi connectivity index (χ0) is 12.0. The molecule has 0 heterocycles.